The number of para-hydroxylation sites is 2. The summed E-state index contributed by atoms with van der Waals surface area (Å²) in [6.45, 7) is 11.8. The molecule has 1 spiro atoms. The van der Waals surface area contributed by atoms with Gasteiger partial charge < -0.3 is 18.9 Å². The molecule has 1 amide bonds. The fraction of sp³-hybridized carbons (Fsp3) is 0.414. The summed E-state index contributed by atoms with van der Waals surface area (Å²) < 4.78 is 14.9. The monoisotopic (exact) mass is 458 g/mol. The van der Waals surface area contributed by atoms with Crippen molar-refractivity contribution in [3.63, 3.8) is 0 Å². The van der Waals surface area contributed by atoms with Gasteiger partial charge in [-0.3, -0.25) is 4.79 Å². The Bertz CT molecular complexity index is 1210. The minimum Gasteiger partial charge on any atom is -0.491 e. The zero-order chi connectivity index (χ0) is 24.1. The van der Waals surface area contributed by atoms with Gasteiger partial charge in [0.05, 0.1) is 17.5 Å². The van der Waals surface area contributed by atoms with Gasteiger partial charge >= 0.3 is 0 Å². The third kappa shape index (κ3) is 3.87. The van der Waals surface area contributed by atoms with Crippen LogP contribution in [0.4, 0.5) is 0 Å². The van der Waals surface area contributed by atoms with Gasteiger partial charge in [-0.25, -0.2) is 0 Å². The first-order valence-electron chi connectivity index (χ1n) is 12.2. The average molecular weight is 459 g/mol. The van der Waals surface area contributed by atoms with Crippen molar-refractivity contribution >= 4 is 5.91 Å². The maximum atomic E-state index is 13.5. The van der Waals surface area contributed by atoms with Crippen molar-refractivity contribution in [2.45, 2.75) is 64.6 Å². The molecule has 1 fully saturated rings. The van der Waals surface area contributed by atoms with Crippen LogP contribution in [0.3, 0.4) is 0 Å². The highest BCUT2D eigenvalue weighted by Gasteiger charge is 2.44. The second-order valence-corrected chi connectivity index (χ2v) is 10.7. The zero-order valence-corrected chi connectivity index (χ0v) is 20.8. The van der Waals surface area contributed by atoms with Crippen molar-refractivity contribution in [2.75, 3.05) is 13.1 Å². The van der Waals surface area contributed by atoms with Gasteiger partial charge in [-0.05, 0) is 61.7 Å². The van der Waals surface area contributed by atoms with Crippen LogP contribution >= 0.6 is 0 Å². The summed E-state index contributed by atoms with van der Waals surface area (Å²) in [5, 5.41) is 0. The maximum absolute atomic E-state index is 13.5. The number of nitrogens with zero attached hydrogens (tertiary/aromatic N) is 2. The molecule has 0 atom stereocenters. The molecule has 178 valence electrons. The molecular formula is C29H34N2O3. The van der Waals surface area contributed by atoms with E-state index < -0.39 is 5.60 Å². The third-order valence-electron chi connectivity index (χ3n) is 6.90. The highest BCUT2D eigenvalue weighted by molar-refractivity contribution is 5.94. The minimum atomic E-state index is -0.403. The van der Waals surface area contributed by atoms with Gasteiger partial charge in [0.2, 0.25) is 0 Å². The van der Waals surface area contributed by atoms with Crippen LogP contribution in [0.1, 0.15) is 69.1 Å². The van der Waals surface area contributed by atoms with Gasteiger partial charge in [0.25, 0.3) is 5.91 Å². The maximum Gasteiger partial charge on any atom is 0.253 e. The number of hydrogen-bond donors (Lipinski definition) is 0. The van der Waals surface area contributed by atoms with Crippen LogP contribution in [-0.4, -0.2) is 34.6 Å². The number of likely N-dealkylation sites (tertiary alicyclic amines) is 1. The van der Waals surface area contributed by atoms with Crippen molar-refractivity contribution in [1.82, 2.24) is 9.47 Å². The molecule has 5 heteroatoms. The molecule has 1 saturated heterocycles. The molecule has 34 heavy (non-hydrogen) atoms. The Morgan fingerprint density at radius 3 is 2.47 bits per heavy atom. The molecule has 5 rings (SSSR count). The average Bonchev–Trinajstić information content (AvgIpc) is 3.30. The highest BCUT2D eigenvalue weighted by atomic mass is 16.5. The summed E-state index contributed by atoms with van der Waals surface area (Å²) in [5.41, 5.74) is 3.50. The van der Waals surface area contributed by atoms with E-state index in [9.17, 15) is 4.79 Å². The molecule has 2 aromatic carbocycles. The number of aromatic nitrogens is 1. The Kier molecular flexibility index (Phi) is 5.46. The van der Waals surface area contributed by atoms with E-state index >= 15 is 0 Å². The molecule has 0 saturated carbocycles. The summed E-state index contributed by atoms with van der Waals surface area (Å²) in [6, 6.07) is 18.3. The third-order valence-corrected chi connectivity index (χ3v) is 6.90. The van der Waals surface area contributed by atoms with Gasteiger partial charge in [-0.15, -0.1) is 0 Å². The Balaban J connectivity index is 1.37. The van der Waals surface area contributed by atoms with E-state index in [0.717, 1.165) is 41.2 Å². The lowest BCUT2D eigenvalue weighted by Crippen LogP contribution is -2.50. The summed E-state index contributed by atoms with van der Waals surface area (Å²) in [4.78, 5) is 15.5. The van der Waals surface area contributed by atoms with Crippen molar-refractivity contribution in [3.05, 3.63) is 77.6 Å². The molecule has 0 aliphatic carbocycles. The number of carbonyl (C=O) groups excluding carboxylic acids is 1. The van der Waals surface area contributed by atoms with Crippen LogP contribution in [0.25, 0.3) is 5.69 Å². The molecule has 0 radical (unpaired) electrons. The molecule has 0 bridgehead atoms. The predicted molar refractivity (Wildman–Crippen MR) is 134 cm³/mol. The lowest BCUT2D eigenvalue weighted by molar-refractivity contribution is -0.00931. The normalized spacial score (nSPS) is 16.7. The van der Waals surface area contributed by atoms with Crippen molar-refractivity contribution in [1.29, 1.82) is 0 Å². The van der Waals surface area contributed by atoms with Gasteiger partial charge in [-0.2, -0.15) is 0 Å². The van der Waals surface area contributed by atoms with Crippen molar-refractivity contribution in [3.8, 4) is 17.2 Å². The molecule has 2 aliphatic rings. The molecule has 1 aromatic heterocycles. The summed E-state index contributed by atoms with van der Waals surface area (Å²) in [6.07, 6.45) is 3.71. The lowest BCUT2D eigenvalue weighted by atomic mass is 9.84. The quantitative estimate of drug-likeness (QED) is 0.477. The molecule has 3 aromatic rings. The number of hydrogen-bond acceptors (Lipinski definition) is 3. The fourth-order valence-electron chi connectivity index (χ4n) is 5.19. The second kappa shape index (κ2) is 8.23. The largest absolute Gasteiger partial charge is 0.491 e. The van der Waals surface area contributed by atoms with Crippen LogP contribution < -0.4 is 9.47 Å². The standard InChI is InChI=1S/C29H34N2O3/c1-20(2)33-24-13-12-21(19-22(24)28(3,4)5)27(32)30-17-14-29(15-18-30)26-11-8-16-31(26)23-9-6-7-10-25(23)34-29/h6-13,16,19-20H,14-15,17-18H2,1-5H3. The first-order chi connectivity index (χ1) is 16.2. The molecule has 0 N–H and O–H groups in total. The summed E-state index contributed by atoms with van der Waals surface area (Å²) in [7, 11) is 0. The number of ether oxygens (including phenoxy) is 2. The minimum absolute atomic E-state index is 0.0723. The Hall–Kier alpha value is -3.21. The van der Waals surface area contributed by atoms with Crippen molar-refractivity contribution in [2.24, 2.45) is 0 Å². The Morgan fingerprint density at radius 1 is 1.03 bits per heavy atom. The van der Waals surface area contributed by atoms with E-state index in [1.165, 1.54) is 5.69 Å². The van der Waals surface area contributed by atoms with Gasteiger partial charge in [0, 0.05) is 43.3 Å². The highest BCUT2D eigenvalue weighted by Crippen LogP contribution is 2.45. The zero-order valence-electron chi connectivity index (χ0n) is 20.8. The first kappa shape index (κ1) is 22.6. The van der Waals surface area contributed by atoms with Crippen LogP contribution in [0.15, 0.2) is 60.8 Å². The van der Waals surface area contributed by atoms with Crippen molar-refractivity contribution < 1.29 is 14.3 Å². The van der Waals surface area contributed by atoms with E-state index in [2.05, 4.69) is 49.7 Å². The first-order valence-corrected chi connectivity index (χ1v) is 12.2. The predicted octanol–water partition coefficient (Wildman–Crippen LogP) is 6.09. The van der Waals surface area contributed by atoms with Crippen LogP contribution in [0.2, 0.25) is 0 Å². The summed E-state index contributed by atoms with van der Waals surface area (Å²) in [5.74, 6) is 1.83. The number of amides is 1. The van der Waals surface area contributed by atoms with Crippen LogP contribution in [-0.2, 0) is 11.0 Å². The molecule has 2 aliphatic heterocycles. The van der Waals surface area contributed by atoms with E-state index in [1.807, 2.05) is 55.1 Å². The number of benzene rings is 2. The van der Waals surface area contributed by atoms with Gasteiger partial charge in [0.15, 0.2) is 5.60 Å². The van der Waals surface area contributed by atoms with E-state index in [4.69, 9.17) is 9.47 Å². The number of carbonyl (C=O) groups is 1. The Labute approximate surface area is 202 Å². The molecule has 5 nitrogen and oxygen atoms in total. The lowest BCUT2D eigenvalue weighted by Gasteiger charge is -2.45. The van der Waals surface area contributed by atoms with E-state index in [1.54, 1.807) is 0 Å². The van der Waals surface area contributed by atoms with E-state index in [0.29, 0.717) is 13.1 Å². The Morgan fingerprint density at radius 2 is 1.76 bits per heavy atom. The van der Waals surface area contributed by atoms with Gasteiger partial charge in [-0.1, -0.05) is 32.9 Å². The molecular weight excluding hydrogens is 424 g/mol. The molecule has 0 unspecified atom stereocenters. The SMILES string of the molecule is CC(C)Oc1ccc(C(=O)N2CCC3(CC2)Oc2ccccc2-n2cccc23)cc1C(C)(C)C. The molecule has 3 heterocycles. The summed E-state index contributed by atoms with van der Waals surface area (Å²) >= 11 is 0. The topological polar surface area (TPSA) is 43.7 Å². The van der Waals surface area contributed by atoms with Crippen LogP contribution in [0.5, 0.6) is 11.5 Å². The number of piperidine rings is 1. The van der Waals surface area contributed by atoms with Crippen LogP contribution in [0, 0.1) is 0 Å². The number of fused-ring (bicyclic) bond motifs is 4. The van der Waals surface area contributed by atoms with E-state index in [-0.39, 0.29) is 17.4 Å². The smallest absolute Gasteiger partial charge is 0.253 e. The van der Waals surface area contributed by atoms with Gasteiger partial charge in [0.1, 0.15) is 11.5 Å². The fourth-order valence-corrected chi connectivity index (χ4v) is 5.19. The number of rotatable bonds is 3. The second-order valence-electron chi connectivity index (χ2n) is 10.7.